The monoisotopic (exact) mass is 527 g/mol. The van der Waals surface area contributed by atoms with E-state index in [4.69, 9.17) is 19.0 Å². The van der Waals surface area contributed by atoms with Crippen LogP contribution in [0.1, 0.15) is 61.6 Å². The number of nitrogens with zero attached hydrogens (tertiary/aromatic N) is 4. The first-order valence-electron chi connectivity index (χ1n) is 12.3. The van der Waals surface area contributed by atoms with Crippen LogP contribution in [0.4, 0.5) is 5.82 Å². The first-order chi connectivity index (χ1) is 16.3. The van der Waals surface area contributed by atoms with Crippen molar-refractivity contribution in [2.75, 3.05) is 12.3 Å². The Morgan fingerprint density at radius 3 is 2.11 bits per heavy atom. The summed E-state index contributed by atoms with van der Waals surface area (Å²) in [6.07, 6.45) is -1.40. The highest BCUT2D eigenvalue weighted by atomic mass is 28.5. The molecule has 2 aromatic heterocycles. The zero-order valence-corrected chi connectivity index (χ0v) is 23.9. The number of hydrogen-bond acceptors (Lipinski definition) is 10. The molecule has 0 aromatic carbocycles. The van der Waals surface area contributed by atoms with Gasteiger partial charge in [0.1, 0.15) is 30.2 Å². The number of rotatable bonds is 10. The van der Waals surface area contributed by atoms with Crippen molar-refractivity contribution in [3.8, 4) is 0 Å². The van der Waals surface area contributed by atoms with Crippen molar-refractivity contribution in [2.45, 2.75) is 102 Å². The molecule has 1 aliphatic rings. The summed E-state index contributed by atoms with van der Waals surface area (Å²) in [5.41, 5.74) is 6.71. The molecule has 1 fully saturated rings. The number of ether oxygens (including phenoxy) is 1. The van der Waals surface area contributed by atoms with Crippen LogP contribution in [0.25, 0.3) is 11.2 Å². The molecule has 2 aromatic rings. The average Bonchev–Trinajstić information content (AvgIpc) is 3.32. The summed E-state index contributed by atoms with van der Waals surface area (Å²) in [5.74, 6) is 0.218. The molecule has 4 atom stereocenters. The Morgan fingerprint density at radius 1 is 0.971 bits per heavy atom. The van der Waals surface area contributed by atoms with E-state index in [0.717, 1.165) is 0 Å². The second kappa shape index (κ2) is 10.5. The minimum atomic E-state index is -3.12. The van der Waals surface area contributed by atoms with Gasteiger partial charge in [0.2, 0.25) is 0 Å². The smallest absolute Gasteiger partial charge is 0.334 e. The summed E-state index contributed by atoms with van der Waals surface area (Å²) >= 11 is 0. The number of nitrogen functional groups attached to an aromatic ring is 1. The summed E-state index contributed by atoms with van der Waals surface area (Å²) in [4.78, 5) is 24.0. The van der Waals surface area contributed by atoms with Crippen LogP contribution in [0.5, 0.6) is 0 Å². The van der Waals surface area contributed by atoms with Crippen LogP contribution < -0.4 is 5.73 Å². The Morgan fingerprint density at radius 2 is 1.57 bits per heavy atom. The first kappa shape index (κ1) is 28.1. The first-order valence-corrected chi connectivity index (χ1v) is 16.2. The molecule has 1 saturated heterocycles. The molecule has 3 heterocycles. The number of aliphatic hydroxyl groups is 2. The normalized spacial score (nSPS) is 24.1. The van der Waals surface area contributed by atoms with Gasteiger partial charge in [0, 0.05) is 0 Å². The highest BCUT2D eigenvalue weighted by molar-refractivity contribution is 6.83. The van der Waals surface area contributed by atoms with Gasteiger partial charge in [-0.25, -0.2) is 15.0 Å². The Labute approximate surface area is 209 Å². The van der Waals surface area contributed by atoms with Gasteiger partial charge in [-0.3, -0.25) is 4.57 Å². The van der Waals surface area contributed by atoms with Crippen molar-refractivity contribution in [1.29, 1.82) is 0 Å². The molecular weight excluding hydrogens is 486 g/mol. The van der Waals surface area contributed by atoms with Crippen LogP contribution in [-0.4, -0.2) is 76.6 Å². The van der Waals surface area contributed by atoms with Crippen LogP contribution in [0.2, 0.25) is 22.2 Å². The van der Waals surface area contributed by atoms with E-state index >= 15 is 0 Å². The largest absolute Gasteiger partial charge is 0.414 e. The summed E-state index contributed by atoms with van der Waals surface area (Å²) < 4.78 is 20.9. The third kappa shape index (κ3) is 5.05. The number of nitrogens with two attached hydrogens (primary N) is 1. The molecule has 13 heteroatoms. The molecule has 198 valence electrons. The Bertz CT molecular complexity index is 988. The van der Waals surface area contributed by atoms with Gasteiger partial charge in [-0.2, -0.15) is 0 Å². The van der Waals surface area contributed by atoms with E-state index in [1.165, 1.54) is 17.2 Å². The molecule has 11 nitrogen and oxygen atoms in total. The van der Waals surface area contributed by atoms with Crippen LogP contribution in [0, 0.1) is 0 Å². The van der Waals surface area contributed by atoms with Crippen LogP contribution in [0.15, 0.2) is 12.7 Å². The van der Waals surface area contributed by atoms with Crippen LogP contribution >= 0.6 is 0 Å². The lowest BCUT2D eigenvalue weighted by Crippen LogP contribution is -2.60. The molecule has 1 aliphatic heterocycles. The Hall–Kier alpha value is -1.46. The van der Waals surface area contributed by atoms with Gasteiger partial charge in [0.15, 0.2) is 17.7 Å². The van der Waals surface area contributed by atoms with Crippen LogP contribution in [-0.2, 0) is 13.3 Å². The predicted molar refractivity (Wildman–Crippen MR) is 137 cm³/mol. The maximum atomic E-state index is 11.6. The number of imidazole rings is 1. The van der Waals surface area contributed by atoms with E-state index in [2.05, 4.69) is 15.0 Å². The predicted octanol–water partition coefficient (Wildman–Crippen LogP) is 2.58. The van der Waals surface area contributed by atoms with Gasteiger partial charge in [0.25, 0.3) is 0 Å². The van der Waals surface area contributed by atoms with Gasteiger partial charge in [0.05, 0.1) is 12.9 Å². The highest BCUT2D eigenvalue weighted by Gasteiger charge is 2.55. The summed E-state index contributed by atoms with van der Waals surface area (Å²) in [6.45, 7) is 16.2. The minimum Gasteiger partial charge on any atom is -0.414 e. The number of fused-ring (bicyclic) bond motifs is 1. The van der Waals surface area contributed by atoms with E-state index in [-0.39, 0.29) is 34.6 Å². The third-order valence-electron chi connectivity index (χ3n) is 7.06. The Kier molecular flexibility index (Phi) is 8.43. The minimum absolute atomic E-state index is 0.0149. The summed E-state index contributed by atoms with van der Waals surface area (Å²) in [6, 6.07) is 0. The molecule has 0 radical (unpaired) electrons. The fourth-order valence-corrected chi connectivity index (χ4v) is 14.6. The number of aliphatic hydroxyl groups excluding tert-OH is 2. The lowest BCUT2D eigenvalue weighted by Gasteiger charge is -2.46. The number of aromatic nitrogens is 4. The van der Waals surface area contributed by atoms with Gasteiger partial charge >= 0.3 is 17.1 Å². The van der Waals surface area contributed by atoms with E-state index < -0.39 is 41.7 Å². The van der Waals surface area contributed by atoms with Gasteiger partial charge in [-0.1, -0.05) is 55.4 Å². The van der Waals surface area contributed by atoms with Gasteiger partial charge in [-0.15, -0.1) is 0 Å². The van der Waals surface area contributed by atoms with E-state index in [9.17, 15) is 15.0 Å². The topological polar surface area (TPSA) is 158 Å². The van der Waals surface area contributed by atoms with Crippen molar-refractivity contribution >= 4 is 34.1 Å². The molecular formula is C22H41N5O6Si2. The fourth-order valence-electron chi connectivity index (χ4n) is 4.79. The van der Waals surface area contributed by atoms with Crippen molar-refractivity contribution in [3.05, 3.63) is 12.7 Å². The lowest BCUT2D eigenvalue weighted by molar-refractivity contribution is -0.0519. The van der Waals surface area contributed by atoms with Crippen molar-refractivity contribution in [2.24, 2.45) is 0 Å². The molecule has 5 N–H and O–H groups in total. The molecule has 0 bridgehead atoms. The second-order valence-electron chi connectivity index (χ2n) is 10.6. The van der Waals surface area contributed by atoms with Crippen molar-refractivity contribution < 1.29 is 28.3 Å². The molecule has 0 aliphatic carbocycles. The third-order valence-corrected chi connectivity index (χ3v) is 16.8. The summed E-state index contributed by atoms with van der Waals surface area (Å²) in [7, 11) is -6.11. The molecule has 0 amide bonds. The summed E-state index contributed by atoms with van der Waals surface area (Å²) in [5, 5.41) is 21.6. The second-order valence-corrected chi connectivity index (χ2v) is 19.3. The van der Waals surface area contributed by atoms with E-state index in [0.29, 0.717) is 11.2 Å². The SMILES string of the molecule is CC(C)[Si](O)(O[Si](OC[C@H]1O[C@@H](n2cnc3c(N)ncnc32)[C@@H](O)[C@@H]1O)(C(C)C)C(C)C)C(C)C. The maximum absolute atomic E-state index is 11.6. The molecule has 0 saturated carbocycles. The van der Waals surface area contributed by atoms with Crippen LogP contribution in [0.3, 0.4) is 0 Å². The zero-order chi connectivity index (χ0) is 26.3. The van der Waals surface area contributed by atoms with E-state index in [1.54, 1.807) is 0 Å². The maximum Gasteiger partial charge on any atom is 0.334 e. The zero-order valence-electron chi connectivity index (χ0n) is 21.9. The molecule has 0 spiro atoms. The number of hydrogen-bond donors (Lipinski definition) is 4. The highest BCUT2D eigenvalue weighted by Crippen LogP contribution is 2.43. The Balaban J connectivity index is 1.85. The molecule has 35 heavy (non-hydrogen) atoms. The quantitative estimate of drug-likeness (QED) is 0.338. The molecule has 0 unspecified atom stereocenters. The van der Waals surface area contributed by atoms with Gasteiger partial charge in [-0.05, 0) is 22.2 Å². The van der Waals surface area contributed by atoms with Crippen molar-refractivity contribution in [3.63, 3.8) is 0 Å². The van der Waals surface area contributed by atoms with Crippen molar-refractivity contribution in [1.82, 2.24) is 19.5 Å². The van der Waals surface area contributed by atoms with E-state index in [1.807, 2.05) is 55.4 Å². The lowest BCUT2D eigenvalue weighted by atomic mass is 10.1. The number of anilines is 1. The average molecular weight is 528 g/mol. The molecule has 3 rings (SSSR count). The fraction of sp³-hybridized carbons (Fsp3) is 0.773. The standard InChI is InChI=1S/C22H41N5O6Si2/c1-12(2)34(30,13(3)4)33-35(14(5)6,15(7)8)31-9-16-18(28)19(29)22(32-16)27-11-26-17-20(23)24-10-25-21(17)27/h10-16,18-19,22,28-30H,9H2,1-8H3,(H2,23,24,25)/t16-,18-,19+,22-/m1/s1. The van der Waals surface area contributed by atoms with Gasteiger partial charge < -0.3 is 34.0 Å².